The Labute approximate surface area is 186 Å². The van der Waals surface area contributed by atoms with Crippen LogP contribution in [0.2, 0.25) is 0 Å². The number of pyridine rings is 2. The van der Waals surface area contributed by atoms with E-state index in [0.29, 0.717) is 12.4 Å². The van der Waals surface area contributed by atoms with Gasteiger partial charge in [-0.05, 0) is 55.8 Å². The van der Waals surface area contributed by atoms with Gasteiger partial charge in [0, 0.05) is 55.7 Å². The quantitative estimate of drug-likeness (QED) is 0.518. The van der Waals surface area contributed by atoms with E-state index in [1.165, 1.54) is 0 Å². The molecule has 4 aromatic rings. The summed E-state index contributed by atoms with van der Waals surface area (Å²) in [5.41, 5.74) is 5.42. The summed E-state index contributed by atoms with van der Waals surface area (Å²) in [4.78, 5) is 26.4. The summed E-state index contributed by atoms with van der Waals surface area (Å²) in [6, 6.07) is 13.6. The van der Waals surface area contributed by atoms with Gasteiger partial charge in [0.05, 0.1) is 23.1 Å². The smallest absolute Gasteiger partial charge is 0.327 e. The molecule has 1 N–H and O–H groups in total. The zero-order valence-corrected chi connectivity index (χ0v) is 18.4. The first kappa shape index (κ1) is 20.0. The van der Waals surface area contributed by atoms with Crippen molar-refractivity contribution in [1.82, 2.24) is 19.7 Å². The maximum absolute atomic E-state index is 13.4. The molecule has 0 saturated heterocycles. The number of rotatable bonds is 2. The first-order chi connectivity index (χ1) is 15.5. The molecule has 0 aliphatic carbocycles. The summed E-state index contributed by atoms with van der Waals surface area (Å²) < 4.78 is 1.81. The van der Waals surface area contributed by atoms with Crippen LogP contribution in [0.15, 0.2) is 54.9 Å². The molecule has 3 aromatic heterocycles. The number of carbonyl (C=O) groups is 1. The van der Waals surface area contributed by atoms with Crippen molar-refractivity contribution in [2.75, 3.05) is 35.3 Å². The average Bonchev–Trinajstić information content (AvgIpc) is 3.07. The molecule has 5 rings (SSSR count). The van der Waals surface area contributed by atoms with Crippen LogP contribution >= 0.6 is 0 Å². The lowest BCUT2D eigenvalue weighted by Crippen LogP contribution is -2.36. The van der Waals surface area contributed by atoms with Crippen LogP contribution in [0.5, 0.6) is 0 Å². The molecule has 8 heteroatoms. The summed E-state index contributed by atoms with van der Waals surface area (Å²) >= 11 is 0. The van der Waals surface area contributed by atoms with Gasteiger partial charge in [0.15, 0.2) is 5.82 Å². The molecule has 1 aliphatic heterocycles. The number of nitrogens with zero attached hydrogens (tertiary/aromatic N) is 6. The number of urea groups is 1. The van der Waals surface area contributed by atoms with E-state index in [2.05, 4.69) is 20.3 Å². The number of fused-ring (bicyclic) bond motifs is 2. The Morgan fingerprint density at radius 3 is 2.78 bits per heavy atom. The summed E-state index contributed by atoms with van der Waals surface area (Å²) in [7, 11) is 3.94. The summed E-state index contributed by atoms with van der Waals surface area (Å²) in [5.74, 6) is 0.664. The number of carbonyl (C=O) groups excluding carboxylic acids is 1. The zero-order valence-electron chi connectivity index (χ0n) is 18.4. The second-order valence-electron chi connectivity index (χ2n) is 8.12. The van der Waals surface area contributed by atoms with Crippen molar-refractivity contribution in [3.05, 3.63) is 60.6 Å². The normalized spacial score (nSPS) is 13.7. The number of hydrogen-bond acceptors (Lipinski definition) is 5. The van der Waals surface area contributed by atoms with Gasteiger partial charge in [0.1, 0.15) is 0 Å². The highest BCUT2D eigenvalue weighted by Gasteiger charge is 2.26. The van der Waals surface area contributed by atoms with Crippen LogP contribution in [-0.4, -0.2) is 45.9 Å². The number of anilines is 3. The first-order valence-corrected chi connectivity index (χ1v) is 10.6. The second-order valence-corrected chi connectivity index (χ2v) is 8.12. The van der Waals surface area contributed by atoms with Crippen LogP contribution in [0.4, 0.5) is 22.0 Å². The predicted molar refractivity (Wildman–Crippen MR) is 127 cm³/mol. The van der Waals surface area contributed by atoms with E-state index in [4.69, 9.17) is 4.98 Å². The minimum absolute atomic E-state index is 0.194. The van der Waals surface area contributed by atoms with Gasteiger partial charge in [-0.3, -0.25) is 14.6 Å². The number of benzene rings is 1. The number of hydrogen-bond donors (Lipinski definition) is 1. The molecule has 1 aromatic carbocycles. The Bertz CT molecular complexity index is 1310. The van der Waals surface area contributed by atoms with Gasteiger partial charge in [-0.2, -0.15) is 5.10 Å². The maximum Gasteiger partial charge on any atom is 0.327 e. The zero-order chi connectivity index (χ0) is 22.2. The molecule has 1 aliphatic rings. The number of nitrogens with one attached hydrogen (secondary N) is 1. The molecular weight excluding hydrogens is 402 g/mol. The van der Waals surface area contributed by atoms with Gasteiger partial charge in [0.25, 0.3) is 0 Å². The van der Waals surface area contributed by atoms with Crippen LogP contribution in [0.25, 0.3) is 22.2 Å². The highest BCUT2D eigenvalue weighted by molar-refractivity contribution is 6.04. The Hall–Kier alpha value is -3.94. The van der Waals surface area contributed by atoms with E-state index in [9.17, 15) is 4.79 Å². The SMILES string of the molecule is Cc1cc(-c2ccc3c(n2)N(C(=O)Nc2ccc4c(cnn4C)c2)CCCN3C)ccn1. The van der Waals surface area contributed by atoms with Gasteiger partial charge >= 0.3 is 6.03 Å². The lowest BCUT2D eigenvalue weighted by Gasteiger charge is -2.24. The lowest BCUT2D eigenvalue weighted by molar-refractivity contribution is 0.257. The van der Waals surface area contributed by atoms with Crippen molar-refractivity contribution < 1.29 is 4.79 Å². The standard InChI is InChI=1S/C24H25N7O/c1-16-13-17(9-10-25-16)20-6-8-22-23(28-20)31(12-4-11-29(22)2)24(32)27-19-5-7-21-18(14-19)15-26-30(21)3/h5-10,13-15H,4,11-12H2,1-3H3,(H,27,32). The monoisotopic (exact) mass is 427 g/mol. The third-order valence-electron chi connectivity index (χ3n) is 5.83. The largest absolute Gasteiger partial charge is 0.372 e. The van der Waals surface area contributed by atoms with Crippen molar-refractivity contribution >= 4 is 34.1 Å². The van der Waals surface area contributed by atoms with E-state index < -0.39 is 0 Å². The van der Waals surface area contributed by atoms with Crippen molar-refractivity contribution in [2.24, 2.45) is 7.05 Å². The van der Waals surface area contributed by atoms with E-state index in [1.807, 2.05) is 68.2 Å². The van der Waals surface area contributed by atoms with E-state index >= 15 is 0 Å². The minimum Gasteiger partial charge on any atom is -0.372 e. The van der Waals surface area contributed by atoms with Gasteiger partial charge < -0.3 is 10.2 Å². The topological polar surface area (TPSA) is 79.2 Å². The third-order valence-corrected chi connectivity index (χ3v) is 5.83. The van der Waals surface area contributed by atoms with E-state index in [1.54, 1.807) is 17.3 Å². The molecule has 0 saturated carbocycles. The summed E-state index contributed by atoms with van der Waals surface area (Å²) in [6.07, 6.45) is 4.43. The Morgan fingerprint density at radius 2 is 1.94 bits per heavy atom. The van der Waals surface area contributed by atoms with Crippen LogP contribution in [0.1, 0.15) is 12.1 Å². The fraction of sp³-hybridized carbons (Fsp3) is 0.250. The van der Waals surface area contributed by atoms with Gasteiger partial charge in [-0.15, -0.1) is 0 Å². The Balaban J connectivity index is 1.50. The van der Waals surface area contributed by atoms with Crippen LogP contribution < -0.4 is 15.1 Å². The highest BCUT2D eigenvalue weighted by atomic mass is 16.2. The molecule has 2 amide bonds. The Morgan fingerprint density at radius 1 is 1.06 bits per heavy atom. The van der Waals surface area contributed by atoms with Crippen molar-refractivity contribution in [1.29, 1.82) is 0 Å². The van der Waals surface area contributed by atoms with Crippen LogP contribution in [0.3, 0.4) is 0 Å². The van der Waals surface area contributed by atoms with Crippen molar-refractivity contribution in [2.45, 2.75) is 13.3 Å². The number of aryl methyl sites for hydroxylation is 2. The molecular formula is C24H25N7O. The van der Waals surface area contributed by atoms with E-state index in [-0.39, 0.29) is 6.03 Å². The summed E-state index contributed by atoms with van der Waals surface area (Å²) in [6.45, 7) is 3.40. The molecule has 0 atom stereocenters. The molecule has 0 radical (unpaired) electrons. The van der Waals surface area contributed by atoms with Gasteiger partial charge in [-0.25, -0.2) is 9.78 Å². The fourth-order valence-electron chi connectivity index (χ4n) is 4.13. The van der Waals surface area contributed by atoms with Crippen molar-refractivity contribution in [3.63, 3.8) is 0 Å². The molecule has 162 valence electrons. The third kappa shape index (κ3) is 3.64. The van der Waals surface area contributed by atoms with Crippen molar-refractivity contribution in [3.8, 4) is 11.3 Å². The van der Waals surface area contributed by atoms with Crippen LogP contribution in [-0.2, 0) is 7.05 Å². The average molecular weight is 428 g/mol. The van der Waals surface area contributed by atoms with Crippen LogP contribution in [0, 0.1) is 6.92 Å². The molecule has 0 bridgehead atoms. The second kappa shape index (κ2) is 7.96. The van der Waals surface area contributed by atoms with Gasteiger partial charge in [-0.1, -0.05) is 0 Å². The highest BCUT2D eigenvalue weighted by Crippen LogP contribution is 2.33. The van der Waals surface area contributed by atoms with E-state index in [0.717, 1.165) is 52.2 Å². The van der Waals surface area contributed by atoms with Gasteiger partial charge in [0.2, 0.25) is 0 Å². The number of aromatic nitrogens is 4. The molecule has 0 spiro atoms. The molecule has 32 heavy (non-hydrogen) atoms. The minimum atomic E-state index is -0.194. The maximum atomic E-state index is 13.4. The lowest BCUT2D eigenvalue weighted by atomic mass is 10.1. The molecule has 0 unspecified atom stereocenters. The Kier molecular flexibility index (Phi) is 4.97. The predicted octanol–water partition coefficient (Wildman–Crippen LogP) is 4.22. The summed E-state index contributed by atoms with van der Waals surface area (Å²) in [5, 5.41) is 8.30. The number of amides is 2. The molecule has 8 nitrogen and oxygen atoms in total. The molecule has 0 fully saturated rings. The first-order valence-electron chi connectivity index (χ1n) is 10.6. The fourth-order valence-corrected chi connectivity index (χ4v) is 4.13. The molecule has 4 heterocycles.